The standard InChI is InChI=1S/C15H18N2O4S/c1-4-6-12(18)11-9-17-13-10(14(11)22(3,19)20)7-8-16-15(13)21-5-2/h7-9H,4-6H2,1-3H3. The topological polar surface area (TPSA) is 86.2 Å². The van der Waals surface area contributed by atoms with Crippen LogP contribution in [0, 0.1) is 0 Å². The highest BCUT2D eigenvalue weighted by Crippen LogP contribution is 2.30. The molecule has 0 spiro atoms. The Morgan fingerprint density at radius 1 is 1.27 bits per heavy atom. The number of pyridine rings is 2. The molecule has 2 aromatic rings. The minimum atomic E-state index is -3.60. The van der Waals surface area contributed by atoms with E-state index in [2.05, 4.69) is 9.97 Å². The molecule has 0 saturated carbocycles. The molecule has 6 nitrogen and oxygen atoms in total. The molecule has 0 aromatic carbocycles. The molecule has 0 bridgehead atoms. The first-order chi connectivity index (χ1) is 10.4. The van der Waals surface area contributed by atoms with Crippen molar-refractivity contribution in [3.05, 3.63) is 24.0 Å². The van der Waals surface area contributed by atoms with Crippen LogP contribution < -0.4 is 4.74 Å². The number of nitrogens with zero attached hydrogens (tertiary/aromatic N) is 2. The van der Waals surface area contributed by atoms with Crippen LogP contribution in [0.15, 0.2) is 23.4 Å². The highest BCUT2D eigenvalue weighted by molar-refractivity contribution is 7.91. The number of carbonyl (C=O) groups is 1. The summed E-state index contributed by atoms with van der Waals surface area (Å²) in [5.41, 5.74) is 0.475. The fraction of sp³-hybridized carbons (Fsp3) is 0.400. The Balaban J connectivity index is 2.82. The summed E-state index contributed by atoms with van der Waals surface area (Å²) in [4.78, 5) is 20.5. The van der Waals surface area contributed by atoms with E-state index in [4.69, 9.17) is 4.74 Å². The van der Waals surface area contributed by atoms with E-state index in [0.717, 1.165) is 6.26 Å². The summed E-state index contributed by atoms with van der Waals surface area (Å²) in [6.45, 7) is 4.05. The largest absolute Gasteiger partial charge is 0.476 e. The fourth-order valence-electron chi connectivity index (χ4n) is 2.28. The van der Waals surface area contributed by atoms with E-state index < -0.39 is 9.84 Å². The van der Waals surface area contributed by atoms with Gasteiger partial charge in [0.15, 0.2) is 15.6 Å². The van der Waals surface area contributed by atoms with Gasteiger partial charge in [0.05, 0.1) is 17.1 Å². The van der Waals surface area contributed by atoms with E-state index >= 15 is 0 Å². The van der Waals surface area contributed by atoms with Gasteiger partial charge >= 0.3 is 0 Å². The Bertz CT molecular complexity index is 816. The lowest BCUT2D eigenvalue weighted by Gasteiger charge is -2.12. The number of carbonyl (C=O) groups excluding carboxylic acids is 1. The number of hydrogen-bond acceptors (Lipinski definition) is 6. The van der Waals surface area contributed by atoms with Gasteiger partial charge in [-0.2, -0.15) is 0 Å². The zero-order valence-electron chi connectivity index (χ0n) is 12.8. The lowest BCUT2D eigenvalue weighted by Crippen LogP contribution is -2.10. The Labute approximate surface area is 129 Å². The molecular weight excluding hydrogens is 304 g/mol. The van der Waals surface area contributed by atoms with Gasteiger partial charge < -0.3 is 4.74 Å². The molecule has 7 heteroatoms. The number of Topliss-reactive ketones (excluding diaryl/α,β-unsaturated/α-hetero) is 1. The van der Waals surface area contributed by atoms with Gasteiger partial charge in [0.2, 0.25) is 5.88 Å². The van der Waals surface area contributed by atoms with E-state index in [1.807, 2.05) is 6.92 Å². The third-order valence-corrected chi connectivity index (χ3v) is 4.31. The second kappa shape index (κ2) is 6.39. The van der Waals surface area contributed by atoms with E-state index in [9.17, 15) is 13.2 Å². The predicted molar refractivity (Wildman–Crippen MR) is 83.1 cm³/mol. The number of sulfone groups is 1. The molecule has 0 saturated heterocycles. The minimum Gasteiger partial charge on any atom is -0.476 e. The number of aromatic nitrogens is 2. The van der Waals surface area contributed by atoms with Crippen LogP contribution in [0.25, 0.3) is 10.9 Å². The normalized spacial score (nSPS) is 11.6. The van der Waals surface area contributed by atoms with Crippen molar-refractivity contribution in [2.75, 3.05) is 12.9 Å². The third-order valence-electron chi connectivity index (χ3n) is 3.13. The molecule has 0 radical (unpaired) electrons. The van der Waals surface area contributed by atoms with Crippen molar-refractivity contribution in [2.45, 2.75) is 31.6 Å². The third kappa shape index (κ3) is 3.09. The van der Waals surface area contributed by atoms with Crippen LogP contribution in [0.1, 0.15) is 37.0 Å². The number of fused-ring (bicyclic) bond motifs is 1. The summed E-state index contributed by atoms with van der Waals surface area (Å²) in [6, 6.07) is 1.55. The lowest BCUT2D eigenvalue weighted by molar-refractivity contribution is 0.0978. The Kier molecular flexibility index (Phi) is 4.75. The van der Waals surface area contributed by atoms with Gasteiger partial charge in [-0.1, -0.05) is 6.92 Å². The van der Waals surface area contributed by atoms with Crippen LogP contribution >= 0.6 is 0 Å². The monoisotopic (exact) mass is 322 g/mol. The van der Waals surface area contributed by atoms with Gasteiger partial charge in [-0.25, -0.2) is 18.4 Å². The SMILES string of the molecule is CCCC(=O)c1cnc2c(OCC)nccc2c1S(C)(=O)=O. The van der Waals surface area contributed by atoms with Crippen molar-refractivity contribution in [1.82, 2.24) is 9.97 Å². The highest BCUT2D eigenvalue weighted by atomic mass is 32.2. The Morgan fingerprint density at radius 3 is 2.59 bits per heavy atom. The molecule has 0 atom stereocenters. The van der Waals surface area contributed by atoms with Crippen molar-refractivity contribution in [3.8, 4) is 5.88 Å². The fourth-order valence-corrected chi connectivity index (χ4v) is 3.41. The first kappa shape index (κ1) is 16.4. The highest BCUT2D eigenvalue weighted by Gasteiger charge is 2.23. The van der Waals surface area contributed by atoms with Crippen molar-refractivity contribution in [2.24, 2.45) is 0 Å². The summed E-state index contributed by atoms with van der Waals surface area (Å²) in [5.74, 6) is 0.0338. The lowest BCUT2D eigenvalue weighted by atomic mass is 10.1. The van der Waals surface area contributed by atoms with E-state index in [0.29, 0.717) is 23.9 Å². The number of rotatable bonds is 6. The zero-order chi connectivity index (χ0) is 16.3. The number of ether oxygens (including phenoxy) is 1. The van der Waals surface area contributed by atoms with Gasteiger partial charge in [0, 0.05) is 30.5 Å². The summed E-state index contributed by atoms with van der Waals surface area (Å²) in [5, 5.41) is 0.364. The van der Waals surface area contributed by atoms with Gasteiger partial charge in [-0.05, 0) is 19.4 Å². The molecule has 0 aliphatic heterocycles. The van der Waals surface area contributed by atoms with Gasteiger partial charge in [0.25, 0.3) is 0 Å². The van der Waals surface area contributed by atoms with Gasteiger partial charge in [-0.3, -0.25) is 4.79 Å². The number of hydrogen-bond donors (Lipinski definition) is 0. The molecule has 0 aliphatic carbocycles. The maximum atomic E-state index is 12.2. The van der Waals surface area contributed by atoms with Crippen LogP contribution in [0.5, 0.6) is 5.88 Å². The first-order valence-corrected chi connectivity index (χ1v) is 8.93. The van der Waals surface area contributed by atoms with Crippen molar-refractivity contribution in [1.29, 1.82) is 0 Å². The molecule has 2 heterocycles. The summed E-state index contributed by atoms with van der Waals surface area (Å²) >= 11 is 0. The average Bonchev–Trinajstić information content (AvgIpc) is 2.45. The molecule has 2 rings (SSSR count). The Morgan fingerprint density at radius 2 is 2.00 bits per heavy atom. The number of ketones is 1. The molecule has 0 unspecified atom stereocenters. The van der Waals surface area contributed by atoms with E-state index in [1.165, 1.54) is 12.4 Å². The predicted octanol–water partition coefficient (Wildman–Crippen LogP) is 2.41. The summed E-state index contributed by atoms with van der Waals surface area (Å²) in [6.07, 6.45) is 4.77. The molecule has 2 aromatic heterocycles. The van der Waals surface area contributed by atoms with Crippen molar-refractivity contribution in [3.63, 3.8) is 0 Å². The first-order valence-electron chi connectivity index (χ1n) is 7.03. The van der Waals surface area contributed by atoms with Gasteiger partial charge in [-0.15, -0.1) is 0 Å². The molecule has 0 amide bonds. The van der Waals surface area contributed by atoms with E-state index in [-0.39, 0.29) is 28.5 Å². The van der Waals surface area contributed by atoms with Crippen LogP contribution in [-0.2, 0) is 9.84 Å². The zero-order valence-corrected chi connectivity index (χ0v) is 13.6. The quantitative estimate of drug-likeness (QED) is 0.759. The molecule has 0 aliphatic rings. The molecule has 0 N–H and O–H groups in total. The maximum absolute atomic E-state index is 12.2. The van der Waals surface area contributed by atoms with Gasteiger partial charge in [0.1, 0.15) is 5.52 Å². The molecule has 22 heavy (non-hydrogen) atoms. The molecule has 118 valence electrons. The summed E-state index contributed by atoms with van der Waals surface area (Å²) < 4.78 is 29.8. The smallest absolute Gasteiger partial charge is 0.240 e. The van der Waals surface area contributed by atoms with Crippen LogP contribution in [0.2, 0.25) is 0 Å². The van der Waals surface area contributed by atoms with Crippen LogP contribution in [-0.4, -0.2) is 37.0 Å². The Hall–Kier alpha value is -2.02. The van der Waals surface area contributed by atoms with Crippen molar-refractivity contribution < 1.29 is 17.9 Å². The van der Waals surface area contributed by atoms with Crippen molar-refractivity contribution >= 4 is 26.5 Å². The summed E-state index contributed by atoms with van der Waals surface area (Å²) in [7, 11) is -3.60. The second-order valence-corrected chi connectivity index (χ2v) is 6.84. The van der Waals surface area contributed by atoms with Crippen LogP contribution in [0.4, 0.5) is 0 Å². The van der Waals surface area contributed by atoms with Crippen LogP contribution in [0.3, 0.4) is 0 Å². The van der Waals surface area contributed by atoms with E-state index in [1.54, 1.807) is 13.0 Å². The second-order valence-electron chi connectivity index (χ2n) is 4.89. The molecule has 0 fully saturated rings. The maximum Gasteiger partial charge on any atom is 0.240 e. The molecular formula is C15H18N2O4S. The minimum absolute atomic E-state index is 0.000645. The average molecular weight is 322 g/mol.